The van der Waals surface area contributed by atoms with Crippen LogP contribution in [0.25, 0.3) is 10.8 Å². The molecule has 0 fully saturated rings. The number of nitrogens with two attached hydrogens (primary N) is 1. The van der Waals surface area contributed by atoms with Crippen LogP contribution in [-0.2, 0) is 9.67 Å². The first-order chi connectivity index (χ1) is 9.51. The molecular formula is C15H15NO3S. The van der Waals surface area contributed by atoms with Crippen molar-refractivity contribution in [3.63, 3.8) is 0 Å². The number of benzene rings is 2. The fourth-order valence-corrected chi connectivity index (χ4v) is 2.88. The predicted octanol–water partition coefficient (Wildman–Crippen LogP) is 3.28. The van der Waals surface area contributed by atoms with Crippen molar-refractivity contribution >= 4 is 34.9 Å². The van der Waals surface area contributed by atoms with Crippen molar-refractivity contribution in [1.29, 1.82) is 0 Å². The van der Waals surface area contributed by atoms with Gasteiger partial charge in [0.1, 0.15) is 0 Å². The largest absolute Gasteiger partial charge is 0.428 e. The van der Waals surface area contributed by atoms with Gasteiger partial charge in [-0.2, -0.15) is 0 Å². The molecule has 0 saturated carbocycles. The maximum Gasteiger partial charge on any atom is 0.406 e. The van der Waals surface area contributed by atoms with Crippen molar-refractivity contribution in [1.82, 2.24) is 0 Å². The highest BCUT2D eigenvalue weighted by Gasteiger charge is 2.33. The molecule has 0 radical (unpaired) electrons. The molecule has 2 rings (SSSR count). The molecule has 0 aromatic heterocycles. The number of carbonyl (C=O) groups excluding carboxylic acids is 2. The second-order valence-corrected chi connectivity index (χ2v) is 5.63. The lowest BCUT2D eigenvalue weighted by molar-refractivity contribution is 0.0939. The van der Waals surface area contributed by atoms with Crippen molar-refractivity contribution < 1.29 is 14.3 Å². The number of hydrogen-bond acceptors (Lipinski definition) is 4. The van der Waals surface area contributed by atoms with E-state index >= 15 is 0 Å². The van der Waals surface area contributed by atoms with E-state index in [2.05, 4.69) is 0 Å². The minimum atomic E-state index is -1.01. The number of hydrogen-bond donors (Lipinski definition) is 1. The number of ether oxygens (including phenoxy) is 1. The molecule has 0 bridgehead atoms. The summed E-state index contributed by atoms with van der Waals surface area (Å²) in [5.41, 5.74) is 6.32. The number of aldehydes is 1. The van der Waals surface area contributed by atoms with E-state index in [1.807, 2.05) is 30.3 Å². The Morgan fingerprint density at radius 3 is 2.60 bits per heavy atom. The zero-order valence-corrected chi connectivity index (χ0v) is 12.1. The highest BCUT2D eigenvalue weighted by atomic mass is 32.2. The van der Waals surface area contributed by atoms with Crippen molar-refractivity contribution in [2.45, 2.75) is 11.9 Å². The van der Waals surface area contributed by atoms with E-state index in [1.54, 1.807) is 19.2 Å². The van der Waals surface area contributed by atoms with Crippen molar-refractivity contribution in [3.8, 4) is 0 Å². The molecule has 1 unspecified atom stereocenters. The summed E-state index contributed by atoms with van der Waals surface area (Å²) in [4.78, 5) is 21.5. The molecule has 1 atom stereocenters. The van der Waals surface area contributed by atoms with Crippen LogP contribution in [0.4, 0.5) is 4.79 Å². The van der Waals surface area contributed by atoms with Gasteiger partial charge in [-0.05, 0) is 24.0 Å². The Hall–Kier alpha value is -2.01. The Labute approximate surface area is 121 Å². The number of primary amides is 1. The van der Waals surface area contributed by atoms with E-state index in [-0.39, 0.29) is 0 Å². The number of carbonyl (C=O) groups is 2. The van der Waals surface area contributed by atoms with Gasteiger partial charge >= 0.3 is 6.09 Å². The predicted molar refractivity (Wildman–Crippen MR) is 80.9 cm³/mol. The minimum Gasteiger partial charge on any atom is -0.428 e. The maximum atomic E-state index is 11.3. The molecule has 0 aliphatic carbocycles. The molecule has 1 amide bonds. The van der Waals surface area contributed by atoms with E-state index < -0.39 is 11.0 Å². The van der Waals surface area contributed by atoms with E-state index in [9.17, 15) is 9.59 Å². The standard InChI is InChI=1S/C15H15NO3S/c1-15(20-2,19-14(16)18)13-11(9-17)8-7-10-5-3-4-6-12(10)13/h3-9H,1-2H3,(H2,16,18). The number of thioether (sulfide) groups is 1. The summed E-state index contributed by atoms with van der Waals surface area (Å²) in [6.45, 7) is 1.73. The fourth-order valence-electron chi connectivity index (χ4n) is 2.28. The highest BCUT2D eigenvalue weighted by Crippen LogP contribution is 2.41. The first-order valence-electron chi connectivity index (χ1n) is 6.03. The Bertz CT molecular complexity index is 671. The van der Waals surface area contributed by atoms with Gasteiger partial charge in [0, 0.05) is 11.1 Å². The van der Waals surface area contributed by atoms with Gasteiger partial charge in [-0.15, -0.1) is 11.8 Å². The number of fused-ring (bicyclic) bond motifs is 1. The zero-order valence-electron chi connectivity index (χ0n) is 11.3. The monoisotopic (exact) mass is 289 g/mol. The fraction of sp³-hybridized carbons (Fsp3) is 0.200. The van der Waals surface area contributed by atoms with Crippen LogP contribution in [0.2, 0.25) is 0 Å². The SMILES string of the molecule is CSC(C)(OC(N)=O)c1c(C=O)ccc2ccccc12. The molecule has 2 aromatic carbocycles. The van der Waals surface area contributed by atoms with Crippen molar-refractivity contribution in [3.05, 3.63) is 47.5 Å². The van der Waals surface area contributed by atoms with Gasteiger partial charge in [-0.25, -0.2) is 4.79 Å². The molecule has 20 heavy (non-hydrogen) atoms. The van der Waals surface area contributed by atoms with E-state index in [0.29, 0.717) is 11.1 Å². The van der Waals surface area contributed by atoms with Crippen LogP contribution in [0.15, 0.2) is 36.4 Å². The summed E-state index contributed by atoms with van der Waals surface area (Å²) in [6, 6.07) is 11.2. The van der Waals surface area contributed by atoms with Gasteiger partial charge in [0.15, 0.2) is 11.2 Å². The first kappa shape index (κ1) is 14.4. The molecule has 0 saturated heterocycles. The molecule has 104 valence electrons. The molecule has 0 aliphatic rings. The average Bonchev–Trinajstić information content (AvgIpc) is 2.45. The Kier molecular flexibility index (Phi) is 3.99. The lowest BCUT2D eigenvalue weighted by Gasteiger charge is -2.29. The number of amides is 1. The summed E-state index contributed by atoms with van der Waals surface area (Å²) in [6.07, 6.45) is 1.70. The van der Waals surface area contributed by atoms with Gasteiger partial charge in [-0.3, -0.25) is 4.79 Å². The highest BCUT2D eigenvalue weighted by molar-refractivity contribution is 7.99. The zero-order chi connectivity index (χ0) is 14.8. The van der Waals surface area contributed by atoms with E-state index in [0.717, 1.165) is 17.1 Å². The molecule has 5 heteroatoms. The third-order valence-corrected chi connectivity index (χ3v) is 4.29. The number of rotatable bonds is 4. The Balaban J connectivity index is 2.78. The van der Waals surface area contributed by atoms with Gasteiger partial charge in [0.2, 0.25) is 0 Å². The van der Waals surface area contributed by atoms with Crippen LogP contribution in [0, 0.1) is 0 Å². The molecule has 0 aliphatic heterocycles. The third-order valence-electron chi connectivity index (χ3n) is 3.23. The second-order valence-electron chi connectivity index (χ2n) is 4.44. The van der Waals surface area contributed by atoms with Gasteiger partial charge in [-0.1, -0.05) is 36.4 Å². The van der Waals surface area contributed by atoms with Crippen LogP contribution < -0.4 is 5.73 Å². The lowest BCUT2D eigenvalue weighted by atomic mass is 9.95. The molecule has 2 N–H and O–H groups in total. The van der Waals surface area contributed by atoms with E-state index in [1.165, 1.54) is 11.8 Å². The second kappa shape index (κ2) is 5.54. The topological polar surface area (TPSA) is 69.4 Å². The Morgan fingerprint density at radius 1 is 1.30 bits per heavy atom. The molecule has 4 nitrogen and oxygen atoms in total. The molecule has 0 heterocycles. The summed E-state index contributed by atoms with van der Waals surface area (Å²) in [7, 11) is 0. The first-order valence-corrected chi connectivity index (χ1v) is 7.25. The van der Waals surface area contributed by atoms with Gasteiger partial charge in [0.05, 0.1) is 0 Å². The van der Waals surface area contributed by atoms with E-state index in [4.69, 9.17) is 10.5 Å². The molecular weight excluding hydrogens is 274 g/mol. The normalized spacial score (nSPS) is 13.7. The minimum absolute atomic E-state index is 0.488. The molecule has 2 aromatic rings. The summed E-state index contributed by atoms with van der Waals surface area (Å²) in [5.74, 6) is 0. The van der Waals surface area contributed by atoms with Crippen molar-refractivity contribution in [2.24, 2.45) is 5.73 Å². The maximum absolute atomic E-state index is 11.3. The summed E-state index contributed by atoms with van der Waals surface area (Å²) in [5, 5.41) is 1.84. The van der Waals surface area contributed by atoms with Crippen molar-refractivity contribution in [2.75, 3.05) is 6.26 Å². The smallest absolute Gasteiger partial charge is 0.406 e. The van der Waals surface area contributed by atoms with Crippen LogP contribution in [0.1, 0.15) is 22.8 Å². The molecule has 0 spiro atoms. The lowest BCUT2D eigenvalue weighted by Crippen LogP contribution is -2.30. The summed E-state index contributed by atoms with van der Waals surface area (Å²) < 4.78 is 5.27. The van der Waals surface area contributed by atoms with Gasteiger partial charge < -0.3 is 10.5 Å². The van der Waals surface area contributed by atoms with Crippen LogP contribution in [0.3, 0.4) is 0 Å². The average molecular weight is 289 g/mol. The summed E-state index contributed by atoms with van der Waals surface area (Å²) >= 11 is 1.32. The van der Waals surface area contributed by atoms with Crippen LogP contribution in [0.5, 0.6) is 0 Å². The van der Waals surface area contributed by atoms with Gasteiger partial charge in [0.25, 0.3) is 0 Å². The third kappa shape index (κ3) is 2.49. The van der Waals surface area contributed by atoms with Crippen LogP contribution >= 0.6 is 11.8 Å². The Morgan fingerprint density at radius 2 is 2.00 bits per heavy atom. The van der Waals surface area contributed by atoms with Crippen LogP contribution in [-0.4, -0.2) is 18.6 Å². The quantitative estimate of drug-likeness (QED) is 0.692.